The summed E-state index contributed by atoms with van der Waals surface area (Å²) in [6.07, 6.45) is -4.87. The number of nitrogens with zero attached hydrogens (tertiary/aromatic N) is 2. The number of benzene rings is 2. The Labute approximate surface area is 222 Å². The van der Waals surface area contributed by atoms with Crippen LogP contribution in [0.25, 0.3) is 11.1 Å². The number of alkyl halides is 3. The van der Waals surface area contributed by atoms with Crippen molar-refractivity contribution in [3.05, 3.63) is 77.1 Å². The number of ether oxygens (including phenoxy) is 1. The highest BCUT2D eigenvalue weighted by Crippen LogP contribution is 2.37. The van der Waals surface area contributed by atoms with Crippen LogP contribution >= 0.6 is 0 Å². The van der Waals surface area contributed by atoms with Gasteiger partial charge in [0.15, 0.2) is 5.78 Å². The number of pyridine rings is 1. The Bertz CT molecular complexity index is 1470. The van der Waals surface area contributed by atoms with E-state index < -0.39 is 41.5 Å². The van der Waals surface area contributed by atoms with Crippen LogP contribution in [0.4, 0.5) is 29.3 Å². The maximum absolute atomic E-state index is 13.5. The number of halogens is 3. The number of anilines is 2. The first-order valence-electron chi connectivity index (χ1n) is 11.7. The molecule has 0 spiro atoms. The first kappa shape index (κ1) is 28.8. The van der Waals surface area contributed by atoms with Gasteiger partial charge in [-0.05, 0) is 74.7 Å². The number of aryl methyl sites for hydroxylation is 1. The maximum atomic E-state index is 13.5. The first-order valence-corrected chi connectivity index (χ1v) is 11.7. The van der Waals surface area contributed by atoms with Crippen molar-refractivity contribution in [3.8, 4) is 17.2 Å². The highest BCUT2D eigenvalue weighted by molar-refractivity contribution is 6.12. The summed E-state index contributed by atoms with van der Waals surface area (Å²) in [7, 11) is 0. The predicted octanol–water partition coefficient (Wildman–Crippen LogP) is 6.51. The number of carbonyl (C=O) groups is 3. The zero-order chi connectivity index (χ0) is 29.0. The minimum atomic E-state index is -4.72. The van der Waals surface area contributed by atoms with E-state index in [0.29, 0.717) is 17.2 Å². The molecule has 8 nitrogen and oxygen atoms in total. The van der Waals surface area contributed by atoms with Gasteiger partial charge in [0, 0.05) is 11.8 Å². The van der Waals surface area contributed by atoms with Gasteiger partial charge in [-0.3, -0.25) is 14.9 Å². The Balaban J connectivity index is 1.84. The summed E-state index contributed by atoms with van der Waals surface area (Å²) >= 11 is 0. The van der Waals surface area contributed by atoms with Crippen molar-refractivity contribution in [2.45, 2.75) is 45.9 Å². The number of carbonyl (C=O) groups excluding carboxylic acids is 3. The van der Waals surface area contributed by atoms with Gasteiger partial charge in [-0.1, -0.05) is 18.2 Å². The number of nitriles is 1. The number of hydrogen-bond donors (Lipinski definition) is 2. The highest BCUT2D eigenvalue weighted by atomic mass is 19.4. The lowest BCUT2D eigenvalue weighted by atomic mass is 10.00. The zero-order valence-electron chi connectivity index (χ0n) is 21.6. The molecule has 0 radical (unpaired) electrons. The third-order valence-electron chi connectivity index (χ3n) is 5.29. The van der Waals surface area contributed by atoms with Crippen LogP contribution in [0.2, 0.25) is 0 Å². The summed E-state index contributed by atoms with van der Waals surface area (Å²) in [5, 5.41) is 13.7. The van der Waals surface area contributed by atoms with Crippen molar-refractivity contribution in [1.29, 1.82) is 5.26 Å². The van der Waals surface area contributed by atoms with Gasteiger partial charge in [0.2, 0.25) is 5.91 Å². The lowest BCUT2D eigenvalue weighted by molar-refractivity contribution is -0.138. The molecule has 0 unspecified atom stereocenters. The molecule has 0 atom stereocenters. The first-order chi connectivity index (χ1) is 18.2. The molecule has 1 aromatic heterocycles. The van der Waals surface area contributed by atoms with Crippen molar-refractivity contribution in [3.63, 3.8) is 0 Å². The van der Waals surface area contributed by atoms with Crippen LogP contribution in [0.1, 0.15) is 54.4 Å². The summed E-state index contributed by atoms with van der Waals surface area (Å²) in [4.78, 5) is 41.8. The summed E-state index contributed by atoms with van der Waals surface area (Å²) in [5.74, 6) is -1.47. The van der Waals surface area contributed by atoms with Gasteiger partial charge in [0.1, 0.15) is 17.4 Å². The standard InChI is InChI=1S/C28H25F3N4O4/c1-16-10-22(35-26(38)39-27(2,3)4)23(13-21(16)28(29,30)31)34-25(37)14-24(36)19-7-5-6-17(11-19)18-8-9-33-20(12-18)15-32/h5-13H,14H2,1-4H3,(H,34,37)(H,35,38). The number of ketones is 1. The molecule has 0 bridgehead atoms. The summed E-state index contributed by atoms with van der Waals surface area (Å²) in [6, 6.07) is 13.2. The predicted molar refractivity (Wildman–Crippen MR) is 138 cm³/mol. The third-order valence-corrected chi connectivity index (χ3v) is 5.29. The Kier molecular flexibility index (Phi) is 8.39. The van der Waals surface area contributed by atoms with Crippen molar-refractivity contribution in [1.82, 2.24) is 4.98 Å². The van der Waals surface area contributed by atoms with Crippen molar-refractivity contribution >= 4 is 29.2 Å². The SMILES string of the molecule is Cc1cc(NC(=O)OC(C)(C)C)c(NC(=O)CC(=O)c2cccc(-c3ccnc(C#N)c3)c2)cc1C(F)(F)F. The second-order valence-corrected chi connectivity index (χ2v) is 9.61. The third kappa shape index (κ3) is 7.88. The minimum absolute atomic E-state index is 0.122. The Morgan fingerprint density at radius 3 is 2.28 bits per heavy atom. The molecule has 2 amide bonds. The van der Waals surface area contributed by atoms with E-state index >= 15 is 0 Å². The van der Waals surface area contributed by atoms with Crippen LogP contribution < -0.4 is 10.6 Å². The van der Waals surface area contributed by atoms with Gasteiger partial charge in [-0.15, -0.1) is 0 Å². The van der Waals surface area contributed by atoms with Gasteiger partial charge in [0.05, 0.1) is 23.4 Å². The average Bonchev–Trinajstić information content (AvgIpc) is 2.83. The van der Waals surface area contributed by atoms with Crippen molar-refractivity contribution in [2.75, 3.05) is 10.6 Å². The molecule has 11 heteroatoms. The van der Waals surface area contributed by atoms with Gasteiger partial charge in [-0.25, -0.2) is 9.78 Å². The van der Waals surface area contributed by atoms with Crippen LogP contribution in [0, 0.1) is 18.3 Å². The van der Waals surface area contributed by atoms with Crippen molar-refractivity contribution in [2.24, 2.45) is 0 Å². The summed E-state index contributed by atoms with van der Waals surface area (Å²) in [5.41, 5.74) is -0.914. The fourth-order valence-corrected chi connectivity index (χ4v) is 3.62. The van der Waals surface area contributed by atoms with E-state index in [2.05, 4.69) is 15.6 Å². The molecule has 0 aliphatic rings. The Morgan fingerprint density at radius 2 is 1.64 bits per heavy atom. The molecule has 0 aliphatic carbocycles. The van der Waals surface area contributed by atoms with Gasteiger partial charge in [0.25, 0.3) is 0 Å². The molecule has 1 heterocycles. The largest absolute Gasteiger partial charge is 0.444 e. The molecule has 0 saturated heterocycles. The molecule has 2 aromatic carbocycles. The molecule has 202 valence electrons. The fraction of sp³-hybridized carbons (Fsp3) is 0.250. The van der Waals surface area contributed by atoms with Crippen LogP contribution in [0.15, 0.2) is 54.7 Å². The highest BCUT2D eigenvalue weighted by Gasteiger charge is 2.34. The molecular formula is C28H25F3N4O4. The quantitative estimate of drug-likeness (QED) is 0.273. The van der Waals surface area contributed by atoms with Gasteiger partial charge in [-0.2, -0.15) is 18.4 Å². The van der Waals surface area contributed by atoms with Crippen LogP contribution in [-0.2, 0) is 15.7 Å². The maximum Gasteiger partial charge on any atom is 0.416 e. The van der Waals surface area contributed by atoms with E-state index in [9.17, 15) is 27.6 Å². The molecule has 0 aliphatic heterocycles. The van der Waals surface area contributed by atoms with E-state index in [4.69, 9.17) is 10.00 Å². The summed E-state index contributed by atoms with van der Waals surface area (Å²) in [6.45, 7) is 6.06. The van der Waals surface area contributed by atoms with Crippen molar-refractivity contribution < 1.29 is 32.3 Å². The topological polar surface area (TPSA) is 121 Å². The second kappa shape index (κ2) is 11.3. The summed E-state index contributed by atoms with van der Waals surface area (Å²) < 4.78 is 45.8. The van der Waals surface area contributed by atoms with E-state index in [0.717, 1.165) is 6.07 Å². The molecular weight excluding hydrogens is 513 g/mol. The number of aromatic nitrogens is 1. The smallest absolute Gasteiger partial charge is 0.416 e. The Morgan fingerprint density at radius 1 is 0.974 bits per heavy atom. The monoisotopic (exact) mass is 538 g/mol. The lowest BCUT2D eigenvalue weighted by Gasteiger charge is -2.21. The van der Waals surface area contributed by atoms with Gasteiger partial charge < -0.3 is 10.1 Å². The number of amides is 2. The fourth-order valence-electron chi connectivity index (χ4n) is 3.62. The second-order valence-electron chi connectivity index (χ2n) is 9.61. The molecule has 2 N–H and O–H groups in total. The minimum Gasteiger partial charge on any atom is -0.444 e. The number of hydrogen-bond acceptors (Lipinski definition) is 6. The molecule has 0 fully saturated rings. The van der Waals surface area contributed by atoms with Crippen LogP contribution in [0.5, 0.6) is 0 Å². The van der Waals surface area contributed by atoms with Gasteiger partial charge >= 0.3 is 12.3 Å². The molecule has 39 heavy (non-hydrogen) atoms. The molecule has 3 rings (SSSR count). The van der Waals surface area contributed by atoms with E-state index in [-0.39, 0.29) is 28.2 Å². The number of rotatable bonds is 6. The van der Waals surface area contributed by atoms with Crippen LogP contribution in [0.3, 0.4) is 0 Å². The molecule has 3 aromatic rings. The zero-order valence-corrected chi connectivity index (χ0v) is 21.6. The van der Waals surface area contributed by atoms with E-state index in [1.807, 2.05) is 6.07 Å². The van der Waals surface area contributed by atoms with E-state index in [1.54, 1.807) is 45.0 Å². The van der Waals surface area contributed by atoms with E-state index in [1.165, 1.54) is 25.3 Å². The average molecular weight is 539 g/mol. The molecule has 0 saturated carbocycles. The normalized spacial score (nSPS) is 11.3. The lowest BCUT2D eigenvalue weighted by Crippen LogP contribution is -2.28. The van der Waals surface area contributed by atoms with Crippen LogP contribution in [-0.4, -0.2) is 28.4 Å². The number of nitrogens with one attached hydrogen (secondary N) is 2. The Hall–Kier alpha value is -4.72. The number of Topliss-reactive ketones (excluding diaryl/α,β-unsaturated/α-hetero) is 1.